The van der Waals surface area contributed by atoms with Crippen LogP contribution in [0.25, 0.3) is 16.6 Å². The third-order valence-electron chi connectivity index (χ3n) is 5.59. The van der Waals surface area contributed by atoms with Crippen molar-refractivity contribution in [1.29, 1.82) is 0 Å². The van der Waals surface area contributed by atoms with Crippen LogP contribution in [0.5, 0.6) is 0 Å². The van der Waals surface area contributed by atoms with E-state index in [9.17, 15) is 36.0 Å². The molecule has 0 fully saturated rings. The van der Waals surface area contributed by atoms with Gasteiger partial charge >= 0.3 is 11.9 Å². The smallest absolute Gasteiger partial charge is 0.385 e. The predicted octanol–water partition coefficient (Wildman–Crippen LogP) is 4.08. The minimum atomic E-state index is -4.25. The molecule has 38 heavy (non-hydrogen) atoms. The highest BCUT2D eigenvalue weighted by Crippen LogP contribution is 2.26. The maximum Gasteiger partial charge on any atom is 0.389 e. The minimum absolute atomic E-state index is 0.0308. The van der Waals surface area contributed by atoms with Crippen molar-refractivity contribution in [1.82, 2.24) is 14.3 Å². The predicted molar refractivity (Wildman–Crippen MR) is 139 cm³/mol. The average Bonchev–Trinajstić information content (AvgIpc) is 3.28. The van der Waals surface area contributed by atoms with E-state index in [1.165, 1.54) is 48.6 Å². The first-order valence-corrected chi connectivity index (χ1v) is 13.8. The van der Waals surface area contributed by atoms with Crippen molar-refractivity contribution < 1.29 is 26.4 Å². The second kappa shape index (κ2) is 10.8. The molecule has 3 N–H and O–H groups in total. The van der Waals surface area contributed by atoms with E-state index in [0.29, 0.717) is 5.69 Å². The highest BCUT2D eigenvalue weighted by Gasteiger charge is 2.27. The number of halogens is 4. The minimum Gasteiger partial charge on any atom is -0.385 e. The lowest BCUT2D eigenvalue weighted by Gasteiger charge is -2.17. The van der Waals surface area contributed by atoms with E-state index in [1.807, 2.05) is 4.72 Å². The number of anilines is 1. The SMILES string of the molecule is O=C(NS(=O)(=O)c1ccc(Cl)s1)C1C=CC(n2c(=O)[nH]c3cc(NCCCC(F)(F)F)ccc3c2=O)=CC1. The summed E-state index contributed by atoms with van der Waals surface area (Å²) in [5.74, 6) is -1.64. The number of nitrogens with zero attached hydrogens (tertiary/aromatic N) is 1. The number of H-pyrrole nitrogens is 1. The number of nitrogens with one attached hydrogen (secondary N) is 3. The van der Waals surface area contributed by atoms with E-state index in [-0.39, 0.29) is 44.5 Å². The number of hydrogen-bond acceptors (Lipinski definition) is 7. The van der Waals surface area contributed by atoms with Crippen molar-refractivity contribution in [2.24, 2.45) is 5.92 Å². The number of hydrogen-bond donors (Lipinski definition) is 3. The van der Waals surface area contributed by atoms with Crippen LogP contribution in [0.2, 0.25) is 4.34 Å². The highest BCUT2D eigenvalue weighted by atomic mass is 35.5. The van der Waals surface area contributed by atoms with E-state index in [0.717, 1.165) is 15.9 Å². The van der Waals surface area contributed by atoms with E-state index >= 15 is 0 Å². The topological polar surface area (TPSA) is 130 Å². The van der Waals surface area contributed by atoms with Gasteiger partial charge in [-0.15, -0.1) is 11.3 Å². The van der Waals surface area contributed by atoms with Crippen LogP contribution in [0, 0.1) is 5.92 Å². The maximum atomic E-state index is 13.0. The van der Waals surface area contributed by atoms with Crippen molar-refractivity contribution in [3.8, 4) is 0 Å². The fourth-order valence-electron chi connectivity index (χ4n) is 3.75. The highest BCUT2D eigenvalue weighted by molar-refractivity contribution is 7.92. The maximum absolute atomic E-state index is 13.0. The number of aromatic nitrogens is 2. The molecule has 202 valence electrons. The number of aromatic amines is 1. The van der Waals surface area contributed by atoms with Crippen molar-refractivity contribution in [3.63, 3.8) is 0 Å². The van der Waals surface area contributed by atoms with Gasteiger partial charge < -0.3 is 10.3 Å². The molecule has 0 spiro atoms. The molecule has 0 radical (unpaired) electrons. The van der Waals surface area contributed by atoms with Gasteiger partial charge in [0.2, 0.25) is 5.91 Å². The normalized spacial score (nSPS) is 15.9. The zero-order chi connectivity index (χ0) is 27.7. The fraction of sp³-hybridized carbons (Fsp3) is 0.261. The summed E-state index contributed by atoms with van der Waals surface area (Å²) in [6.07, 6.45) is -1.04. The first kappa shape index (κ1) is 27.7. The van der Waals surface area contributed by atoms with Gasteiger partial charge in [-0.1, -0.05) is 23.8 Å². The lowest BCUT2D eigenvalue weighted by Crippen LogP contribution is -2.36. The summed E-state index contributed by atoms with van der Waals surface area (Å²) < 4.78 is 64.7. The Morgan fingerprint density at radius 2 is 1.97 bits per heavy atom. The van der Waals surface area contributed by atoms with Crippen LogP contribution < -0.4 is 21.3 Å². The quantitative estimate of drug-likeness (QED) is 0.340. The number of carbonyl (C=O) groups is 1. The second-order valence-electron chi connectivity index (χ2n) is 8.34. The molecule has 0 bridgehead atoms. The zero-order valence-electron chi connectivity index (χ0n) is 19.3. The molecule has 1 atom stereocenters. The Labute approximate surface area is 222 Å². The summed E-state index contributed by atoms with van der Waals surface area (Å²) in [6, 6.07) is 7.11. The summed E-state index contributed by atoms with van der Waals surface area (Å²) >= 11 is 6.57. The van der Waals surface area contributed by atoms with Crippen molar-refractivity contribution in [2.45, 2.75) is 29.6 Å². The van der Waals surface area contributed by atoms with Crippen LogP contribution in [-0.2, 0) is 14.8 Å². The average molecular weight is 589 g/mol. The van der Waals surface area contributed by atoms with Gasteiger partial charge in [-0.05, 0) is 49.2 Å². The second-order valence-corrected chi connectivity index (χ2v) is 12.0. The number of benzene rings is 1. The third kappa shape index (κ3) is 6.37. The summed E-state index contributed by atoms with van der Waals surface area (Å²) in [4.78, 5) is 40.9. The van der Waals surface area contributed by atoms with Gasteiger partial charge in [-0.25, -0.2) is 22.5 Å². The lowest BCUT2D eigenvalue weighted by atomic mass is 9.99. The van der Waals surface area contributed by atoms with Gasteiger partial charge in [-0.3, -0.25) is 9.59 Å². The molecule has 1 aliphatic carbocycles. The number of alkyl halides is 3. The van der Waals surface area contributed by atoms with Crippen molar-refractivity contribution >= 4 is 61.2 Å². The Balaban J connectivity index is 1.47. The first-order chi connectivity index (χ1) is 17.8. The molecule has 15 heteroatoms. The fourth-order valence-corrected chi connectivity index (χ4v) is 6.26. The standard InChI is InChI=1S/C23H20ClF3N4O5S2/c24-18-8-9-19(37-18)38(35,36)30-20(32)13-2-5-15(6-3-13)31-21(33)16-7-4-14(12-17(16)29-22(31)34)28-11-1-10-23(25,26)27/h2,4-9,12-13,28H,1,3,10-11H2,(H,29,34)(H,30,32). The third-order valence-corrected chi connectivity index (χ3v) is 8.66. The lowest BCUT2D eigenvalue weighted by molar-refractivity contribution is -0.134. The number of rotatable bonds is 8. The number of sulfonamides is 1. The van der Waals surface area contributed by atoms with Gasteiger partial charge in [0.05, 0.1) is 21.2 Å². The molecule has 4 rings (SSSR count). The number of thiophene rings is 1. The van der Waals surface area contributed by atoms with Crippen LogP contribution in [0.3, 0.4) is 0 Å². The molecular formula is C23H20ClF3N4O5S2. The molecule has 0 aliphatic heterocycles. The molecule has 0 saturated carbocycles. The Bertz CT molecular complexity index is 1670. The van der Waals surface area contributed by atoms with Crippen LogP contribution >= 0.6 is 22.9 Å². The van der Waals surface area contributed by atoms with E-state index in [4.69, 9.17) is 11.6 Å². The number of allylic oxidation sites excluding steroid dienone is 3. The van der Waals surface area contributed by atoms with Gasteiger partial charge in [0, 0.05) is 24.4 Å². The van der Waals surface area contributed by atoms with Crippen LogP contribution in [0.15, 0.2) is 62.4 Å². The number of fused-ring (bicyclic) bond motifs is 1. The molecule has 1 amide bonds. The monoisotopic (exact) mass is 588 g/mol. The largest absolute Gasteiger partial charge is 0.389 e. The molecule has 1 aliphatic rings. The molecule has 1 aromatic carbocycles. The summed E-state index contributed by atoms with van der Waals surface area (Å²) in [6.45, 7) is 0.0567. The zero-order valence-corrected chi connectivity index (χ0v) is 21.7. The molecule has 1 unspecified atom stereocenters. The Morgan fingerprint density at radius 1 is 1.21 bits per heavy atom. The van der Waals surface area contributed by atoms with E-state index < -0.39 is 45.7 Å². The van der Waals surface area contributed by atoms with Gasteiger partial charge in [0.1, 0.15) is 4.21 Å². The van der Waals surface area contributed by atoms with Crippen LogP contribution in [-0.4, -0.2) is 36.6 Å². The Morgan fingerprint density at radius 3 is 2.61 bits per heavy atom. The van der Waals surface area contributed by atoms with Crippen molar-refractivity contribution in [2.75, 3.05) is 11.9 Å². The van der Waals surface area contributed by atoms with E-state index in [2.05, 4.69) is 10.3 Å². The summed E-state index contributed by atoms with van der Waals surface area (Å²) in [7, 11) is -4.09. The molecule has 2 heterocycles. The molecular weight excluding hydrogens is 569 g/mol. The van der Waals surface area contributed by atoms with Crippen molar-refractivity contribution in [3.05, 3.63) is 73.7 Å². The van der Waals surface area contributed by atoms with Gasteiger partial charge in [-0.2, -0.15) is 13.2 Å². The van der Waals surface area contributed by atoms with Gasteiger partial charge in [0.25, 0.3) is 15.6 Å². The molecule has 3 aromatic rings. The molecule has 2 aromatic heterocycles. The summed E-state index contributed by atoms with van der Waals surface area (Å²) in [5.41, 5.74) is -0.549. The molecule has 9 nitrogen and oxygen atoms in total. The van der Waals surface area contributed by atoms with Crippen LogP contribution in [0.4, 0.5) is 18.9 Å². The van der Waals surface area contributed by atoms with E-state index in [1.54, 1.807) is 0 Å². The molecule has 0 saturated heterocycles. The van der Waals surface area contributed by atoms with Crippen LogP contribution in [0.1, 0.15) is 19.3 Å². The number of amides is 1. The Hall–Kier alpha value is -3.36. The first-order valence-electron chi connectivity index (χ1n) is 11.1. The summed E-state index contributed by atoms with van der Waals surface area (Å²) in [5, 5.41) is 3.00. The number of carbonyl (C=O) groups excluding carboxylic acids is 1. The Kier molecular flexibility index (Phi) is 7.85. The van der Waals surface area contributed by atoms with Gasteiger partial charge in [0.15, 0.2) is 0 Å².